The lowest BCUT2D eigenvalue weighted by Crippen LogP contribution is -2.26. The Morgan fingerprint density at radius 3 is 2.47 bits per heavy atom. The zero-order valence-electron chi connectivity index (χ0n) is 9.15. The van der Waals surface area contributed by atoms with Crippen molar-refractivity contribution in [2.45, 2.75) is 50.5 Å². The van der Waals surface area contributed by atoms with E-state index in [0.29, 0.717) is 12.0 Å². The maximum Gasteiger partial charge on any atom is 0.345 e. The third-order valence-corrected chi connectivity index (χ3v) is 3.61. The van der Waals surface area contributed by atoms with E-state index >= 15 is 0 Å². The van der Waals surface area contributed by atoms with Gasteiger partial charge < -0.3 is 0 Å². The molecule has 0 saturated heterocycles. The Kier molecular flexibility index (Phi) is 1.97. The molecule has 2 aliphatic rings. The number of aryl methyl sites for hydroxylation is 1. The van der Waals surface area contributed by atoms with Crippen molar-refractivity contribution < 1.29 is 0 Å². The highest BCUT2D eigenvalue weighted by atomic mass is 16.2. The molecule has 0 aliphatic heterocycles. The van der Waals surface area contributed by atoms with E-state index in [1.807, 2.05) is 4.57 Å². The average Bonchev–Trinajstić information content (AvgIpc) is 2.85. The average molecular weight is 207 g/mol. The summed E-state index contributed by atoms with van der Waals surface area (Å²) >= 11 is 0. The van der Waals surface area contributed by atoms with Gasteiger partial charge in [-0.3, -0.25) is 4.57 Å². The highest BCUT2D eigenvalue weighted by Gasteiger charge is 2.33. The molecular weight excluding hydrogens is 190 g/mol. The summed E-state index contributed by atoms with van der Waals surface area (Å²) in [4.78, 5) is 12.0. The van der Waals surface area contributed by atoms with E-state index in [2.05, 4.69) is 5.10 Å². The molecule has 0 spiro atoms. The summed E-state index contributed by atoms with van der Waals surface area (Å²) in [6, 6.07) is 0.432. The van der Waals surface area contributed by atoms with Gasteiger partial charge in [0.2, 0.25) is 0 Å². The Labute approximate surface area is 88.9 Å². The van der Waals surface area contributed by atoms with Crippen LogP contribution in [0.2, 0.25) is 0 Å². The Morgan fingerprint density at radius 1 is 1.20 bits per heavy atom. The molecule has 0 N–H and O–H groups in total. The van der Waals surface area contributed by atoms with Gasteiger partial charge in [-0.15, -0.1) is 0 Å². The van der Waals surface area contributed by atoms with E-state index in [0.717, 1.165) is 18.7 Å². The minimum Gasteiger partial charge on any atom is -0.276 e. The van der Waals surface area contributed by atoms with Crippen LogP contribution < -0.4 is 5.69 Å². The fraction of sp³-hybridized carbons (Fsp3) is 0.818. The molecule has 2 aliphatic carbocycles. The Hall–Kier alpha value is -1.06. The van der Waals surface area contributed by atoms with Crippen LogP contribution in [0, 0.1) is 0 Å². The van der Waals surface area contributed by atoms with E-state index in [9.17, 15) is 4.79 Å². The first-order chi connectivity index (χ1) is 7.27. The third-order valence-electron chi connectivity index (χ3n) is 3.61. The van der Waals surface area contributed by atoms with Crippen LogP contribution in [0.5, 0.6) is 0 Å². The molecule has 82 valence electrons. The zero-order chi connectivity index (χ0) is 10.4. The van der Waals surface area contributed by atoms with Crippen LogP contribution in [0.3, 0.4) is 0 Å². The summed E-state index contributed by atoms with van der Waals surface area (Å²) in [6.07, 6.45) is 7.26. The number of hydrogen-bond donors (Lipinski definition) is 0. The summed E-state index contributed by atoms with van der Waals surface area (Å²) in [7, 11) is 1.76. The lowest BCUT2D eigenvalue weighted by Gasteiger charge is -2.11. The van der Waals surface area contributed by atoms with E-state index in [1.165, 1.54) is 30.4 Å². The minimum atomic E-state index is 0.0869. The first kappa shape index (κ1) is 9.19. The van der Waals surface area contributed by atoms with Gasteiger partial charge in [0.1, 0.15) is 5.82 Å². The van der Waals surface area contributed by atoms with E-state index < -0.39 is 0 Å². The van der Waals surface area contributed by atoms with Crippen molar-refractivity contribution in [3.8, 4) is 0 Å². The maximum atomic E-state index is 12.0. The van der Waals surface area contributed by atoms with Gasteiger partial charge in [0.25, 0.3) is 0 Å². The van der Waals surface area contributed by atoms with Crippen molar-refractivity contribution in [2.75, 3.05) is 0 Å². The lowest BCUT2D eigenvalue weighted by molar-refractivity contribution is 0.481. The van der Waals surface area contributed by atoms with E-state index in [-0.39, 0.29) is 5.69 Å². The van der Waals surface area contributed by atoms with Crippen molar-refractivity contribution in [1.29, 1.82) is 0 Å². The second-order valence-corrected chi connectivity index (χ2v) is 4.85. The molecule has 0 atom stereocenters. The summed E-state index contributed by atoms with van der Waals surface area (Å²) < 4.78 is 3.48. The predicted octanol–water partition coefficient (Wildman–Crippen LogP) is 1.57. The van der Waals surface area contributed by atoms with Gasteiger partial charge in [-0.05, 0) is 25.7 Å². The van der Waals surface area contributed by atoms with Gasteiger partial charge >= 0.3 is 5.69 Å². The molecule has 4 nitrogen and oxygen atoms in total. The van der Waals surface area contributed by atoms with Gasteiger partial charge in [0.05, 0.1) is 0 Å². The predicted molar refractivity (Wildman–Crippen MR) is 56.9 cm³/mol. The summed E-state index contributed by atoms with van der Waals surface area (Å²) in [6.45, 7) is 0. The normalized spacial score (nSPS) is 22.5. The highest BCUT2D eigenvalue weighted by Crippen LogP contribution is 2.40. The molecule has 0 bridgehead atoms. The van der Waals surface area contributed by atoms with Gasteiger partial charge in [-0.2, -0.15) is 5.10 Å². The van der Waals surface area contributed by atoms with Crippen molar-refractivity contribution in [3.05, 3.63) is 16.3 Å². The summed E-state index contributed by atoms with van der Waals surface area (Å²) in [5.41, 5.74) is 0.0869. The second kappa shape index (κ2) is 3.22. The molecule has 1 aromatic heterocycles. The van der Waals surface area contributed by atoms with Crippen molar-refractivity contribution in [2.24, 2.45) is 7.05 Å². The van der Waals surface area contributed by atoms with E-state index in [1.54, 1.807) is 7.05 Å². The SMILES string of the molecule is Cn1nc(C2CC2)n(C2CCCC2)c1=O. The molecule has 0 radical (unpaired) electrons. The lowest BCUT2D eigenvalue weighted by atomic mass is 10.2. The van der Waals surface area contributed by atoms with Crippen LogP contribution in [0.4, 0.5) is 0 Å². The number of aromatic nitrogens is 3. The zero-order valence-corrected chi connectivity index (χ0v) is 9.15. The van der Waals surface area contributed by atoms with Gasteiger partial charge in [-0.25, -0.2) is 9.48 Å². The van der Waals surface area contributed by atoms with Crippen molar-refractivity contribution in [1.82, 2.24) is 14.3 Å². The highest BCUT2D eigenvalue weighted by molar-refractivity contribution is 5.07. The Balaban J connectivity index is 2.06. The largest absolute Gasteiger partial charge is 0.345 e. The fourth-order valence-corrected chi connectivity index (χ4v) is 2.62. The Morgan fingerprint density at radius 2 is 1.87 bits per heavy atom. The smallest absolute Gasteiger partial charge is 0.276 e. The molecule has 0 unspecified atom stereocenters. The fourth-order valence-electron chi connectivity index (χ4n) is 2.62. The molecule has 1 aromatic rings. The first-order valence-corrected chi connectivity index (χ1v) is 5.93. The first-order valence-electron chi connectivity index (χ1n) is 5.93. The van der Waals surface area contributed by atoms with Gasteiger partial charge in [-0.1, -0.05) is 12.8 Å². The molecule has 2 saturated carbocycles. The number of hydrogen-bond acceptors (Lipinski definition) is 2. The van der Waals surface area contributed by atoms with Crippen LogP contribution in [0.1, 0.15) is 56.3 Å². The molecular formula is C11H17N3O. The van der Waals surface area contributed by atoms with Crippen molar-refractivity contribution in [3.63, 3.8) is 0 Å². The summed E-state index contributed by atoms with van der Waals surface area (Å²) in [5.74, 6) is 1.62. The second-order valence-electron chi connectivity index (χ2n) is 4.85. The monoisotopic (exact) mass is 207 g/mol. The van der Waals surface area contributed by atoms with Crippen LogP contribution in [-0.4, -0.2) is 14.3 Å². The maximum absolute atomic E-state index is 12.0. The molecule has 1 heterocycles. The number of rotatable bonds is 2. The van der Waals surface area contributed by atoms with Crippen LogP contribution >= 0.6 is 0 Å². The van der Waals surface area contributed by atoms with Crippen LogP contribution in [0.15, 0.2) is 4.79 Å². The molecule has 3 rings (SSSR count). The van der Waals surface area contributed by atoms with Gasteiger partial charge in [0, 0.05) is 19.0 Å². The molecule has 2 fully saturated rings. The van der Waals surface area contributed by atoms with Crippen LogP contribution in [-0.2, 0) is 7.05 Å². The molecule has 0 amide bonds. The topological polar surface area (TPSA) is 39.8 Å². The van der Waals surface area contributed by atoms with Crippen molar-refractivity contribution >= 4 is 0 Å². The third kappa shape index (κ3) is 1.43. The summed E-state index contributed by atoms with van der Waals surface area (Å²) in [5, 5.41) is 4.38. The standard InChI is InChI=1S/C11H17N3O/c1-13-11(15)14(9-4-2-3-5-9)10(12-13)8-6-7-8/h8-9H,2-7H2,1H3. The quantitative estimate of drug-likeness (QED) is 0.738. The molecule has 0 aromatic carbocycles. The number of nitrogens with zero attached hydrogens (tertiary/aromatic N) is 3. The van der Waals surface area contributed by atoms with E-state index in [4.69, 9.17) is 0 Å². The Bertz CT molecular complexity index is 422. The van der Waals surface area contributed by atoms with Crippen LogP contribution in [0.25, 0.3) is 0 Å². The molecule has 4 heteroatoms. The van der Waals surface area contributed by atoms with Gasteiger partial charge in [0.15, 0.2) is 0 Å². The molecule has 15 heavy (non-hydrogen) atoms. The minimum absolute atomic E-state index is 0.0869.